The molecular formula is C27H24FN3O2S. The zero-order valence-electron chi connectivity index (χ0n) is 18.5. The lowest BCUT2D eigenvalue weighted by Gasteiger charge is -2.23. The van der Waals surface area contributed by atoms with Crippen LogP contribution in [0.25, 0.3) is 0 Å². The van der Waals surface area contributed by atoms with E-state index in [1.165, 1.54) is 23.5 Å². The van der Waals surface area contributed by atoms with Crippen molar-refractivity contribution in [3.63, 3.8) is 0 Å². The highest BCUT2D eigenvalue weighted by Gasteiger charge is 2.19. The van der Waals surface area contributed by atoms with Gasteiger partial charge >= 0.3 is 0 Å². The molecule has 0 aliphatic carbocycles. The fourth-order valence-electron chi connectivity index (χ4n) is 3.55. The van der Waals surface area contributed by atoms with E-state index in [1.54, 1.807) is 29.3 Å². The van der Waals surface area contributed by atoms with E-state index in [0.29, 0.717) is 29.1 Å². The second-order valence-electron chi connectivity index (χ2n) is 7.76. The molecule has 4 aromatic rings. The SMILES string of the molecule is O=C(Cc1ccc(N(Cc2cccc(F)c2)C(=O)c2cccs2)cc1)NCCc1ccccn1. The fourth-order valence-corrected chi connectivity index (χ4v) is 4.22. The second kappa shape index (κ2) is 11.3. The van der Waals surface area contributed by atoms with Gasteiger partial charge in [-0.15, -0.1) is 11.3 Å². The Labute approximate surface area is 201 Å². The minimum absolute atomic E-state index is 0.0741. The Hall–Kier alpha value is -3.84. The summed E-state index contributed by atoms with van der Waals surface area (Å²) in [5.74, 6) is -0.570. The van der Waals surface area contributed by atoms with Gasteiger partial charge in [0.2, 0.25) is 5.91 Å². The molecule has 2 aromatic heterocycles. The fraction of sp³-hybridized carbons (Fsp3) is 0.148. The topological polar surface area (TPSA) is 62.3 Å². The highest BCUT2D eigenvalue weighted by molar-refractivity contribution is 7.12. The van der Waals surface area contributed by atoms with Gasteiger partial charge in [0.05, 0.1) is 17.8 Å². The van der Waals surface area contributed by atoms with E-state index in [2.05, 4.69) is 10.3 Å². The van der Waals surface area contributed by atoms with Crippen LogP contribution in [0.4, 0.5) is 10.1 Å². The van der Waals surface area contributed by atoms with Gasteiger partial charge < -0.3 is 10.2 Å². The second-order valence-corrected chi connectivity index (χ2v) is 8.71. The molecule has 172 valence electrons. The summed E-state index contributed by atoms with van der Waals surface area (Å²) >= 11 is 1.36. The van der Waals surface area contributed by atoms with Crippen molar-refractivity contribution in [1.82, 2.24) is 10.3 Å². The lowest BCUT2D eigenvalue weighted by atomic mass is 10.1. The molecule has 0 saturated carbocycles. The predicted molar refractivity (Wildman–Crippen MR) is 132 cm³/mol. The van der Waals surface area contributed by atoms with Crippen LogP contribution < -0.4 is 10.2 Å². The third-order valence-electron chi connectivity index (χ3n) is 5.25. The van der Waals surface area contributed by atoms with Crippen LogP contribution in [-0.4, -0.2) is 23.3 Å². The maximum Gasteiger partial charge on any atom is 0.268 e. The zero-order valence-corrected chi connectivity index (χ0v) is 19.3. The third-order valence-corrected chi connectivity index (χ3v) is 6.11. The number of carbonyl (C=O) groups is 2. The Bertz CT molecular complexity index is 1230. The standard InChI is InChI=1S/C27H24FN3O2S/c28-22-6-3-5-21(17-22)19-31(27(33)25-8-4-16-34-25)24-11-9-20(10-12-24)18-26(32)30-15-13-23-7-1-2-14-29-23/h1-12,14,16-17H,13,15,18-19H2,(H,30,32). The molecule has 0 aliphatic heterocycles. The molecule has 0 bridgehead atoms. The summed E-state index contributed by atoms with van der Waals surface area (Å²) in [6.07, 6.45) is 2.65. The minimum atomic E-state index is -0.342. The summed E-state index contributed by atoms with van der Waals surface area (Å²) < 4.78 is 13.7. The van der Waals surface area contributed by atoms with Crippen molar-refractivity contribution in [3.05, 3.63) is 118 Å². The largest absolute Gasteiger partial charge is 0.355 e. The van der Waals surface area contributed by atoms with Gasteiger partial charge in [-0.25, -0.2) is 4.39 Å². The molecule has 2 amide bonds. The monoisotopic (exact) mass is 473 g/mol. The van der Waals surface area contributed by atoms with E-state index >= 15 is 0 Å². The lowest BCUT2D eigenvalue weighted by Crippen LogP contribution is -2.30. The van der Waals surface area contributed by atoms with Crippen LogP contribution in [-0.2, 0) is 24.2 Å². The molecule has 2 heterocycles. The first-order chi connectivity index (χ1) is 16.6. The van der Waals surface area contributed by atoms with Gasteiger partial charge in [0.1, 0.15) is 5.82 Å². The number of halogens is 1. The maximum absolute atomic E-state index is 13.7. The van der Waals surface area contributed by atoms with Crippen molar-refractivity contribution < 1.29 is 14.0 Å². The van der Waals surface area contributed by atoms with Crippen LogP contribution in [0, 0.1) is 5.82 Å². The van der Waals surface area contributed by atoms with Crippen LogP contribution in [0.15, 0.2) is 90.4 Å². The molecule has 0 aliphatic rings. The molecule has 4 rings (SSSR count). The van der Waals surface area contributed by atoms with Crippen molar-refractivity contribution in [3.8, 4) is 0 Å². The number of aromatic nitrogens is 1. The van der Waals surface area contributed by atoms with Gasteiger partial charge in [-0.05, 0) is 59.0 Å². The van der Waals surface area contributed by atoms with Crippen LogP contribution in [0.3, 0.4) is 0 Å². The zero-order chi connectivity index (χ0) is 23.8. The summed E-state index contributed by atoms with van der Waals surface area (Å²) in [7, 11) is 0. The number of hydrogen-bond donors (Lipinski definition) is 1. The van der Waals surface area contributed by atoms with Gasteiger partial charge in [0, 0.05) is 30.5 Å². The highest BCUT2D eigenvalue weighted by Crippen LogP contribution is 2.23. The van der Waals surface area contributed by atoms with Crippen molar-refractivity contribution in [2.75, 3.05) is 11.4 Å². The highest BCUT2D eigenvalue weighted by atomic mass is 32.1. The quantitative estimate of drug-likeness (QED) is 0.371. The number of hydrogen-bond acceptors (Lipinski definition) is 4. The Balaban J connectivity index is 1.42. The van der Waals surface area contributed by atoms with Crippen molar-refractivity contribution in [1.29, 1.82) is 0 Å². The van der Waals surface area contributed by atoms with E-state index in [0.717, 1.165) is 11.3 Å². The summed E-state index contributed by atoms with van der Waals surface area (Å²) in [4.78, 5) is 32.0. The molecule has 0 unspecified atom stereocenters. The molecule has 5 nitrogen and oxygen atoms in total. The van der Waals surface area contributed by atoms with Crippen molar-refractivity contribution in [2.45, 2.75) is 19.4 Å². The number of anilines is 1. The number of benzene rings is 2. The molecule has 0 atom stereocenters. The van der Waals surface area contributed by atoms with Crippen LogP contribution in [0.5, 0.6) is 0 Å². The molecule has 0 fully saturated rings. The first-order valence-electron chi connectivity index (χ1n) is 10.9. The Morgan fingerprint density at radius 3 is 2.50 bits per heavy atom. The molecule has 0 radical (unpaired) electrons. The lowest BCUT2D eigenvalue weighted by molar-refractivity contribution is -0.120. The molecule has 0 spiro atoms. The molecule has 2 aromatic carbocycles. The molecule has 7 heteroatoms. The smallest absolute Gasteiger partial charge is 0.268 e. The molecular weight excluding hydrogens is 449 g/mol. The molecule has 0 saturated heterocycles. The summed E-state index contributed by atoms with van der Waals surface area (Å²) in [5.41, 5.74) is 3.15. The van der Waals surface area contributed by atoms with Crippen molar-refractivity contribution in [2.24, 2.45) is 0 Å². The number of rotatable bonds is 9. The normalized spacial score (nSPS) is 10.6. The number of amides is 2. The van der Waals surface area contributed by atoms with E-state index in [-0.39, 0.29) is 30.6 Å². The van der Waals surface area contributed by atoms with Gasteiger partial charge in [-0.2, -0.15) is 0 Å². The Morgan fingerprint density at radius 2 is 1.79 bits per heavy atom. The van der Waals surface area contributed by atoms with Crippen LogP contribution in [0.1, 0.15) is 26.5 Å². The predicted octanol–water partition coefficient (Wildman–Crippen LogP) is 5.03. The summed E-state index contributed by atoms with van der Waals surface area (Å²) in [5, 5.41) is 4.76. The summed E-state index contributed by atoms with van der Waals surface area (Å²) in [6, 6.07) is 22.9. The van der Waals surface area contributed by atoms with E-state index in [1.807, 2.05) is 53.9 Å². The summed E-state index contributed by atoms with van der Waals surface area (Å²) in [6.45, 7) is 0.756. The van der Waals surface area contributed by atoms with Gasteiger partial charge in [0.15, 0.2) is 0 Å². The van der Waals surface area contributed by atoms with E-state index in [9.17, 15) is 14.0 Å². The Kier molecular flexibility index (Phi) is 7.78. The first-order valence-corrected chi connectivity index (χ1v) is 11.8. The minimum Gasteiger partial charge on any atom is -0.355 e. The van der Waals surface area contributed by atoms with Crippen LogP contribution >= 0.6 is 11.3 Å². The molecule has 34 heavy (non-hydrogen) atoms. The van der Waals surface area contributed by atoms with Gasteiger partial charge in [0.25, 0.3) is 5.91 Å². The first kappa shape index (κ1) is 23.3. The van der Waals surface area contributed by atoms with Crippen LogP contribution in [0.2, 0.25) is 0 Å². The number of thiophene rings is 1. The number of nitrogens with zero attached hydrogens (tertiary/aromatic N) is 2. The van der Waals surface area contributed by atoms with E-state index in [4.69, 9.17) is 0 Å². The number of pyridine rings is 1. The average Bonchev–Trinajstić information content (AvgIpc) is 3.39. The molecule has 1 N–H and O–H groups in total. The number of nitrogens with one attached hydrogen (secondary N) is 1. The average molecular weight is 474 g/mol. The van der Waals surface area contributed by atoms with Gasteiger partial charge in [-0.1, -0.05) is 36.4 Å². The maximum atomic E-state index is 13.7. The Morgan fingerprint density at radius 1 is 0.941 bits per heavy atom. The number of carbonyl (C=O) groups excluding carboxylic acids is 2. The third kappa shape index (κ3) is 6.36. The van der Waals surface area contributed by atoms with E-state index < -0.39 is 0 Å². The van der Waals surface area contributed by atoms with Gasteiger partial charge in [-0.3, -0.25) is 14.6 Å². The van der Waals surface area contributed by atoms with Crippen molar-refractivity contribution >= 4 is 28.8 Å².